The molecule has 1 N–H and O–H groups in total. The fourth-order valence-electron chi connectivity index (χ4n) is 2.99. The van der Waals surface area contributed by atoms with E-state index in [-0.39, 0.29) is 17.9 Å². The molecule has 0 bridgehead atoms. The molecule has 3 rings (SSSR count). The number of rotatable bonds is 5. The lowest BCUT2D eigenvalue weighted by atomic mass is 10.1. The van der Waals surface area contributed by atoms with Gasteiger partial charge in [0.15, 0.2) is 0 Å². The highest BCUT2D eigenvalue weighted by atomic mass is 16.5. The van der Waals surface area contributed by atoms with Crippen LogP contribution in [-0.4, -0.2) is 65.9 Å². The fourth-order valence-corrected chi connectivity index (χ4v) is 2.99. The van der Waals surface area contributed by atoms with Gasteiger partial charge in [-0.1, -0.05) is 12.1 Å². The van der Waals surface area contributed by atoms with E-state index >= 15 is 0 Å². The van der Waals surface area contributed by atoms with Gasteiger partial charge in [-0.3, -0.25) is 14.6 Å². The Bertz CT molecular complexity index is 845. The molecule has 0 unspecified atom stereocenters. The number of nitrogens with one attached hydrogen (secondary N) is 1. The Labute approximate surface area is 165 Å². The third kappa shape index (κ3) is 4.86. The zero-order valence-corrected chi connectivity index (χ0v) is 16.5. The number of piperazine rings is 1. The summed E-state index contributed by atoms with van der Waals surface area (Å²) in [4.78, 5) is 33.5. The number of likely N-dealkylation sites (N-methyl/N-ethyl adjacent to an activating group) is 1. The lowest BCUT2D eigenvalue weighted by molar-refractivity contribution is 0.0663. The molecule has 1 fully saturated rings. The molecule has 0 aliphatic carbocycles. The predicted octanol–water partition coefficient (Wildman–Crippen LogP) is 2.51. The van der Waals surface area contributed by atoms with Crippen LogP contribution in [0.15, 0.2) is 42.7 Å². The third-order valence-corrected chi connectivity index (χ3v) is 4.54. The van der Waals surface area contributed by atoms with E-state index < -0.39 is 0 Å². The monoisotopic (exact) mass is 382 g/mol. The Morgan fingerprint density at radius 1 is 1.07 bits per heavy atom. The molecule has 2 heterocycles. The maximum atomic E-state index is 12.7. The number of nitrogens with zero attached hydrogens (tertiary/aromatic N) is 3. The Hall–Kier alpha value is -2.93. The molecule has 0 radical (unpaired) electrons. The van der Waals surface area contributed by atoms with Crippen LogP contribution in [0.3, 0.4) is 0 Å². The second kappa shape index (κ2) is 8.84. The van der Waals surface area contributed by atoms with Gasteiger partial charge in [0.1, 0.15) is 5.75 Å². The Morgan fingerprint density at radius 2 is 1.75 bits per heavy atom. The normalized spacial score (nSPS) is 14.8. The summed E-state index contributed by atoms with van der Waals surface area (Å²) in [6, 6.07) is 8.86. The molecule has 0 atom stereocenters. The Kier molecular flexibility index (Phi) is 6.26. The highest BCUT2D eigenvalue weighted by Crippen LogP contribution is 2.25. The molecule has 148 valence electrons. The van der Waals surface area contributed by atoms with Gasteiger partial charge < -0.3 is 19.9 Å². The van der Waals surface area contributed by atoms with Crippen LogP contribution in [0.5, 0.6) is 5.75 Å². The van der Waals surface area contributed by atoms with Gasteiger partial charge in [0.2, 0.25) is 0 Å². The standard InChI is InChI=1S/C21H26N4O3/c1-15(2)28-19-7-5-4-6-18(19)23-20(26)16-12-17(14-22-13-16)21(27)25-10-8-24(3)9-11-25/h4-7,12-15H,8-11H2,1-3H3,(H,23,26). The first kappa shape index (κ1) is 19.8. The number of hydrogen-bond donors (Lipinski definition) is 1. The summed E-state index contributed by atoms with van der Waals surface area (Å²) in [6.45, 7) is 6.88. The van der Waals surface area contributed by atoms with Crippen molar-refractivity contribution >= 4 is 17.5 Å². The first-order valence-corrected chi connectivity index (χ1v) is 9.44. The average molecular weight is 382 g/mol. The van der Waals surface area contributed by atoms with Gasteiger partial charge in [0.05, 0.1) is 22.9 Å². The molecular weight excluding hydrogens is 356 g/mol. The molecule has 1 aliphatic rings. The quantitative estimate of drug-likeness (QED) is 0.860. The van der Waals surface area contributed by atoms with Crippen molar-refractivity contribution < 1.29 is 14.3 Å². The topological polar surface area (TPSA) is 74.8 Å². The summed E-state index contributed by atoms with van der Waals surface area (Å²) in [5.41, 5.74) is 1.33. The van der Waals surface area contributed by atoms with E-state index in [0.29, 0.717) is 35.7 Å². The number of ether oxygens (including phenoxy) is 1. The molecule has 1 saturated heterocycles. The van der Waals surface area contributed by atoms with Crippen LogP contribution in [-0.2, 0) is 0 Å². The zero-order valence-electron chi connectivity index (χ0n) is 16.5. The average Bonchev–Trinajstić information content (AvgIpc) is 2.69. The maximum Gasteiger partial charge on any atom is 0.257 e. The molecule has 2 amide bonds. The van der Waals surface area contributed by atoms with Crippen LogP contribution in [0.25, 0.3) is 0 Å². The van der Waals surface area contributed by atoms with Crippen LogP contribution in [0.1, 0.15) is 34.6 Å². The number of para-hydroxylation sites is 2. The SMILES string of the molecule is CC(C)Oc1ccccc1NC(=O)c1cncc(C(=O)N2CCN(C)CC2)c1. The molecule has 7 heteroatoms. The van der Waals surface area contributed by atoms with E-state index in [1.165, 1.54) is 12.4 Å². The second-order valence-corrected chi connectivity index (χ2v) is 7.17. The van der Waals surface area contributed by atoms with Gasteiger partial charge in [-0.25, -0.2) is 0 Å². The molecular formula is C21H26N4O3. The van der Waals surface area contributed by atoms with Crippen molar-refractivity contribution in [3.63, 3.8) is 0 Å². The largest absolute Gasteiger partial charge is 0.489 e. The van der Waals surface area contributed by atoms with E-state index in [4.69, 9.17) is 4.74 Å². The highest BCUT2D eigenvalue weighted by molar-refractivity contribution is 6.06. The minimum atomic E-state index is -0.333. The second-order valence-electron chi connectivity index (χ2n) is 7.17. The van der Waals surface area contributed by atoms with E-state index in [2.05, 4.69) is 15.2 Å². The number of anilines is 1. The van der Waals surface area contributed by atoms with Crippen molar-refractivity contribution in [2.24, 2.45) is 0 Å². The lowest BCUT2D eigenvalue weighted by Crippen LogP contribution is -2.47. The van der Waals surface area contributed by atoms with E-state index in [1.807, 2.05) is 33.0 Å². The van der Waals surface area contributed by atoms with Crippen LogP contribution in [0, 0.1) is 0 Å². The summed E-state index contributed by atoms with van der Waals surface area (Å²) in [7, 11) is 2.04. The van der Waals surface area contributed by atoms with Crippen LogP contribution in [0.4, 0.5) is 5.69 Å². The van der Waals surface area contributed by atoms with Crippen LogP contribution >= 0.6 is 0 Å². The third-order valence-electron chi connectivity index (χ3n) is 4.54. The molecule has 1 aromatic carbocycles. The predicted molar refractivity (Wildman–Crippen MR) is 108 cm³/mol. The smallest absolute Gasteiger partial charge is 0.257 e. The minimum absolute atomic E-state index is 0.00995. The number of aromatic nitrogens is 1. The number of hydrogen-bond acceptors (Lipinski definition) is 5. The summed E-state index contributed by atoms with van der Waals surface area (Å²) in [6.07, 6.45) is 2.96. The van der Waals surface area contributed by atoms with Gasteiger partial charge in [-0.2, -0.15) is 0 Å². The molecule has 28 heavy (non-hydrogen) atoms. The van der Waals surface area contributed by atoms with Crippen molar-refractivity contribution in [2.45, 2.75) is 20.0 Å². The number of carbonyl (C=O) groups excluding carboxylic acids is 2. The first-order chi connectivity index (χ1) is 13.4. The summed E-state index contributed by atoms with van der Waals surface area (Å²) in [5.74, 6) is 0.169. The number of benzene rings is 1. The van der Waals surface area contributed by atoms with E-state index in [0.717, 1.165) is 13.1 Å². The number of amides is 2. The van der Waals surface area contributed by atoms with E-state index in [9.17, 15) is 9.59 Å². The minimum Gasteiger partial charge on any atom is -0.489 e. The van der Waals surface area contributed by atoms with Gasteiger partial charge in [-0.05, 0) is 39.1 Å². The Morgan fingerprint density at radius 3 is 2.46 bits per heavy atom. The summed E-state index contributed by atoms with van der Waals surface area (Å²) in [5, 5.41) is 2.85. The first-order valence-electron chi connectivity index (χ1n) is 9.44. The molecule has 2 aromatic rings. The fraction of sp³-hybridized carbons (Fsp3) is 0.381. The summed E-state index contributed by atoms with van der Waals surface area (Å²) < 4.78 is 5.74. The van der Waals surface area contributed by atoms with Gasteiger partial charge in [-0.15, -0.1) is 0 Å². The highest BCUT2D eigenvalue weighted by Gasteiger charge is 2.21. The van der Waals surface area contributed by atoms with E-state index in [1.54, 1.807) is 23.1 Å². The van der Waals surface area contributed by atoms with Crippen molar-refractivity contribution in [3.05, 3.63) is 53.9 Å². The van der Waals surface area contributed by atoms with Crippen LogP contribution in [0.2, 0.25) is 0 Å². The van der Waals surface area contributed by atoms with Gasteiger partial charge in [0.25, 0.3) is 11.8 Å². The molecule has 0 saturated carbocycles. The lowest BCUT2D eigenvalue weighted by Gasteiger charge is -2.32. The van der Waals surface area contributed by atoms with Crippen molar-refractivity contribution in [3.8, 4) is 5.75 Å². The number of carbonyl (C=O) groups is 2. The summed E-state index contributed by atoms with van der Waals surface area (Å²) >= 11 is 0. The molecule has 1 aromatic heterocycles. The van der Waals surface area contributed by atoms with Crippen molar-refractivity contribution in [1.29, 1.82) is 0 Å². The van der Waals surface area contributed by atoms with Crippen molar-refractivity contribution in [1.82, 2.24) is 14.8 Å². The Balaban J connectivity index is 1.73. The number of pyridine rings is 1. The molecule has 0 spiro atoms. The molecule has 7 nitrogen and oxygen atoms in total. The van der Waals surface area contributed by atoms with Gasteiger partial charge in [0, 0.05) is 38.6 Å². The van der Waals surface area contributed by atoms with Crippen LogP contribution < -0.4 is 10.1 Å². The molecule has 1 aliphatic heterocycles. The van der Waals surface area contributed by atoms with Gasteiger partial charge >= 0.3 is 0 Å². The zero-order chi connectivity index (χ0) is 20.1. The van der Waals surface area contributed by atoms with Crippen molar-refractivity contribution in [2.75, 3.05) is 38.5 Å². The maximum absolute atomic E-state index is 12.7.